The van der Waals surface area contributed by atoms with Crippen LogP contribution in [0.3, 0.4) is 0 Å². The maximum atomic E-state index is 13.8. The summed E-state index contributed by atoms with van der Waals surface area (Å²) in [6.45, 7) is 3.60. The zero-order chi connectivity index (χ0) is 20.1. The molecule has 2 fully saturated rings. The van der Waals surface area contributed by atoms with E-state index in [0.29, 0.717) is 31.5 Å². The maximum absolute atomic E-state index is 13.8. The first-order chi connectivity index (χ1) is 14.8. The van der Waals surface area contributed by atoms with Crippen molar-refractivity contribution in [3.8, 4) is 5.75 Å². The van der Waals surface area contributed by atoms with Crippen molar-refractivity contribution in [2.24, 2.45) is 0 Å². The monoisotopic (exact) mass is 409 g/mol. The predicted octanol–water partition coefficient (Wildman–Crippen LogP) is 3.22. The lowest BCUT2D eigenvalue weighted by atomic mass is 9.94. The summed E-state index contributed by atoms with van der Waals surface area (Å²) in [6, 6.07) is 6.97. The zero-order valence-corrected chi connectivity index (χ0v) is 16.6. The van der Waals surface area contributed by atoms with E-state index in [2.05, 4.69) is 31.2 Å². The van der Waals surface area contributed by atoms with Gasteiger partial charge in [-0.15, -0.1) is 0 Å². The number of anilines is 1. The third kappa shape index (κ3) is 3.20. The van der Waals surface area contributed by atoms with Gasteiger partial charge in [-0.2, -0.15) is 0 Å². The Morgan fingerprint density at radius 3 is 2.83 bits per heavy atom. The Morgan fingerprint density at radius 2 is 2.00 bits per heavy atom. The Labute approximate surface area is 173 Å². The Kier molecular flexibility index (Phi) is 4.35. The highest BCUT2D eigenvalue weighted by molar-refractivity contribution is 5.88. The summed E-state index contributed by atoms with van der Waals surface area (Å²) in [4.78, 5) is 14.8. The summed E-state index contributed by atoms with van der Waals surface area (Å²) in [5, 5.41) is 4.66. The highest BCUT2D eigenvalue weighted by Gasteiger charge is 2.36. The molecule has 3 aliphatic rings. The molecule has 1 saturated heterocycles. The van der Waals surface area contributed by atoms with Gasteiger partial charge in [-0.1, -0.05) is 6.07 Å². The molecular weight excluding hydrogens is 385 g/mol. The van der Waals surface area contributed by atoms with Crippen LogP contribution >= 0.6 is 0 Å². The molecule has 2 aromatic heterocycles. The summed E-state index contributed by atoms with van der Waals surface area (Å²) in [5.74, 6) is 1.71. The van der Waals surface area contributed by atoms with Crippen molar-refractivity contribution in [1.29, 1.82) is 0 Å². The summed E-state index contributed by atoms with van der Waals surface area (Å²) < 4.78 is 25.3. The molecule has 0 unspecified atom stereocenters. The molecular formula is C22H24FN5O2. The van der Waals surface area contributed by atoms with E-state index in [1.54, 1.807) is 6.33 Å². The summed E-state index contributed by atoms with van der Waals surface area (Å²) in [5.41, 5.74) is 3.03. The number of morpholine rings is 1. The number of H-pyrrole nitrogens is 1. The van der Waals surface area contributed by atoms with E-state index >= 15 is 0 Å². The lowest BCUT2D eigenvalue weighted by molar-refractivity contribution is -0.00347. The summed E-state index contributed by atoms with van der Waals surface area (Å²) in [6.07, 6.45) is 4.04. The van der Waals surface area contributed by atoms with Crippen LogP contribution in [0.25, 0.3) is 11.0 Å². The predicted molar refractivity (Wildman–Crippen MR) is 110 cm³/mol. The first-order valence-electron chi connectivity index (χ1n) is 10.6. The van der Waals surface area contributed by atoms with Gasteiger partial charge in [0.2, 0.25) is 0 Å². The topological polar surface area (TPSA) is 75.3 Å². The molecule has 4 heterocycles. The van der Waals surface area contributed by atoms with Gasteiger partial charge in [-0.05, 0) is 30.9 Å². The van der Waals surface area contributed by atoms with Crippen LogP contribution in [0, 0.1) is 5.82 Å². The van der Waals surface area contributed by atoms with Crippen LogP contribution in [0.1, 0.15) is 36.1 Å². The van der Waals surface area contributed by atoms with Gasteiger partial charge in [0.05, 0.1) is 30.7 Å². The Morgan fingerprint density at radius 1 is 1.13 bits per heavy atom. The highest BCUT2D eigenvalue weighted by atomic mass is 19.1. The first-order valence-corrected chi connectivity index (χ1v) is 10.6. The average Bonchev–Trinajstić information content (AvgIpc) is 3.53. The van der Waals surface area contributed by atoms with Crippen molar-refractivity contribution in [3.63, 3.8) is 0 Å². The number of aromatic amines is 1. The van der Waals surface area contributed by atoms with Crippen LogP contribution in [-0.2, 0) is 4.74 Å². The van der Waals surface area contributed by atoms with Gasteiger partial charge in [0.1, 0.15) is 36.0 Å². The van der Waals surface area contributed by atoms with E-state index in [1.807, 2.05) is 6.07 Å². The summed E-state index contributed by atoms with van der Waals surface area (Å²) >= 11 is 0. The van der Waals surface area contributed by atoms with Gasteiger partial charge in [-0.25, -0.2) is 14.4 Å². The quantitative estimate of drug-likeness (QED) is 0.689. The van der Waals surface area contributed by atoms with Gasteiger partial charge in [0, 0.05) is 30.4 Å². The van der Waals surface area contributed by atoms with E-state index in [-0.39, 0.29) is 17.9 Å². The van der Waals surface area contributed by atoms with Crippen LogP contribution in [0.15, 0.2) is 30.6 Å². The molecule has 30 heavy (non-hydrogen) atoms. The lowest BCUT2D eigenvalue weighted by Gasteiger charge is -2.42. The van der Waals surface area contributed by atoms with Crippen LogP contribution in [-0.4, -0.2) is 58.8 Å². The molecule has 3 aromatic rings. The minimum absolute atomic E-state index is 0.0789. The fraction of sp³-hybridized carbons (Fsp3) is 0.455. The minimum Gasteiger partial charge on any atom is -0.491 e. The minimum atomic E-state index is -0.290. The molecule has 0 amide bonds. The van der Waals surface area contributed by atoms with E-state index in [0.717, 1.165) is 35.5 Å². The van der Waals surface area contributed by atoms with Crippen molar-refractivity contribution in [2.75, 3.05) is 38.2 Å². The molecule has 1 aromatic carbocycles. The number of hydrogen-bond acceptors (Lipinski definition) is 6. The Hall–Kier alpha value is -2.71. The van der Waals surface area contributed by atoms with Crippen LogP contribution in [0.2, 0.25) is 0 Å². The third-order valence-corrected chi connectivity index (χ3v) is 6.38. The molecule has 1 aliphatic carbocycles. The molecule has 2 aliphatic heterocycles. The number of nitrogens with zero attached hydrogens (tertiary/aromatic N) is 3. The van der Waals surface area contributed by atoms with Crippen LogP contribution in [0.5, 0.6) is 5.75 Å². The fourth-order valence-corrected chi connectivity index (χ4v) is 4.60. The number of benzene rings is 1. The number of fused-ring (bicyclic) bond motifs is 2. The fourth-order valence-electron chi connectivity index (χ4n) is 4.60. The molecule has 1 saturated carbocycles. The second kappa shape index (κ2) is 7.21. The molecule has 156 valence electrons. The highest BCUT2D eigenvalue weighted by Crippen LogP contribution is 2.42. The van der Waals surface area contributed by atoms with Crippen molar-refractivity contribution >= 4 is 16.9 Å². The van der Waals surface area contributed by atoms with Gasteiger partial charge < -0.3 is 19.8 Å². The second-order valence-corrected chi connectivity index (χ2v) is 8.31. The van der Waals surface area contributed by atoms with Gasteiger partial charge in [0.15, 0.2) is 0 Å². The van der Waals surface area contributed by atoms with Crippen LogP contribution in [0.4, 0.5) is 10.2 Å². The first kappa shape index (κ1) is 18.1. The van der Waals surface area contributed by atoms with Crippen molar-refractivity contribution in [3.05, 3.63) is 47.7 Å². The molecule has 2 N–H and O–H groups in total. The Balaban J connectivity index is 1.39. The van der Waals surface area contributed by atoms with Crippen molar-refractivity contribution in [1.82, 2.24) is 19.9 Å². The van der Waals surface area contributed by atoms with Gasteiger partial charge in [-0.3, -0.25) is 4.90 Å². The standard InChI is InChI=1S/C22H24FN5O2/c23-14-3-4-15-19(9-14)30-11-18(28-5-7-29-8-6-28)20(15)27-22-16-10-17(13-1-2-13)26-21(16)24-12-25-22/h3-4,9-10,12-13,18,20H,1-2,5-8,11H2,(H2,24,25,26,27)/t18-,20-/m0/s1. The van der Waals surface area contributed by atoms with E-state index < -0.39 is 0 Å². The van der Waals surface area contributed by atoms with E-state index in [1.165, 1.54) is 30.7 Å². The molecule has 0 radical (unpaired) electrons. The molecule has 6 rings (SSSR count). The Bertz CT molecular complexity index is 1080. The number of nitrogens with one attached hydrogen (secondary N) is 2. The SMILES string of the molecule is Fc1ccc2c(c1)OC[C@H](N1CCOCC1)[C@H]2Nc1ncnc2[nH]c(C3CC3)cc12. The molecule has 0 spiro atoms. The smallest absolute Gasteiger partial charge is 0.143 e. The number of ether oxygens (including phenoxy) is 2. The zero-order valence-electron chi connectivity index (χ0n) is 16.6. The molecule has 7 nitrogen and oxygen atoms in total. The van der Waals surface area contributed by atoms with Gasteiger partial charge >= 0.3 is 0 Å². The van der Waals surface area contributed by atoms with Gasteiger partial charge in [0.25, 0.3) is 0 Å². The normalized spacial score (nSPS) is 24.4. The third-order valence-electron chi connectivity index (χ3n) is 6.38. The maximum Gasteiger partial charge on any atom is 0.143 e. The van der Waals surface area contributed by atoms with Crippen molar-refractivity contribution in [2.45, 2.75) is 30.8 Å². The van der Waals surface area contributed by atoms with E-state index in [4.69, 9.17) is 9.47 Å². The average molecular weight is 409 g/mol. The number of aromatic nitrogens is 3. The lowest BCUT2D eigenvalue weighted by Crippen LogP contribution is -2.52. The number of hydrogen-bond donors (Lipinski definition) is 2. The second-order valence-electron chi connectivity index (χ2n) is 8.31. The largest absolute Gasteiger partial charge is 0.491 e. The molecule has 8 heteroatoms. The van der Waals surface area contributed by atoms with Crippen LogP contribution < -0.4 is 10.1 Å². The summed E-state index contributed by atoms with van der Waals surface area (Å²) in [7, 11) is 0. The van der Waals surface area contributed by atoms with Crippen molar-refractivity contribution < 1.29 is 13.9 Å². The number of halogens is 1. The molecule has 0 bridgehead atoms. The molecule has 2 atom stereocenters. The number of rotatable bonds is 4. The van der Waals surface area contributed by atoms with E-state index in [9.17, 15) is 4.39 Å².